The minimum atomic E-state index is -1.11. The number of H-pyrrole nitrogens is 1. The smallest absolute Gasteiger partial charge is 0.323 e. The molecule has 1 heterocycles. The van der Waals surface area contributed by atoms with Gasteiger partial charge in [0, 0.05) is 10.9 Å². The number of nitrogens with one attached hydrogen (secondary N) is 1. The third-order valence-corrected chi connectivity index (χ3v) is 2.58. The summed E-state index contributed by atoms with van der Waals surface area (Å²) in [5.41, 5.74) is 1.08. The molecule has 2 N–H and O–H groups in total. The Balaban J connectivity index is 2.29. The van der Waals surface area contributed by atoms with Crippen LogP contribution in [0.2, 0.25) is 0 Å². The molecule has 0 fully saturated rings. The Labute approximate surface area is 109 Å². The molecule has 0 saturated heterocycles. The number of aromatic amines is 1. The zero-order valence-electron chi connectivity index (χ0n) is 9.96. The van der Waals surface area contributed by atoms with Gasteiger partial charge in [0.25, 0.3) is 5.91 Å². The minimum Gasteiger partial charge on any atom is -0.480 e. The lowest BCUT2D eigenvalue weighted by atomic mass is 10.1. The molecule has 1 aromatic carbocycles. The molecule has 2 aromatic rings. The van der Waals surface area contributed by atoms with E-state index in [0.717, 1.165) is 10.3 Å². The third-order valence-electron chi connectivity index (χ3n) is 2.58. The highest BCUT2D eigenvalue weighted by molar-refractivity contribution is 5.99. The first-order valence-electron chi connectivity index (χ1n) is 5.49. The largest absolute Gasteiger partial charge is 0.480 e. The number of aromatic nitrogens is 2. The van der Waals surface area contributed by atoms with Crippen molar-refractivity contribution >= 4 is 22.8 Å². The first kappa shape index (κ1) is 12.6. The van der Waals surface area contributed by atoms with Crippen LogP contribution >= 0.6 is 0 Å². The van der Waals surface area contributed by atoms with Crippen LogP contribution in [0.1, 0.15) is 10.4 Å². The number of rotatable bonds is 4. The number of fused-ring (bicyclic) bond motifs is 1. The molecule has 0 aliphatic carbocycles. The maximum atomic E-state index is 12.2. The van der Waals surface area contributed by atoms with E-state index in [2.05, 4.69) is 16.1 Å². The number of carbonyl (C=O) groups excluding carboxylic acids is 1. The fourth-order valence-corrected chi connectivity index (χ4v) is 1.73. The molecule has 0 unspecified atom stereocenters. The summed E-state index contributed by atoms with van der Waals surface area (Å²) in [6.07, 6.45) is 6.78. The fourth-order valence-electron chi connectivity index (χ4n) is 1.73. The number of amides is 1. The average molecular weight is 257 g/mol. The molecule has 0 atom stereocenters. The Hall–Kier alpha value is -2.81. The van der Waals surface area contributed by atoms with E-state index in [9.17, 15) is 9.59 Å². The van der Waals surface area contributed by atoms with Crippen molar-refractivity contribution in [3.8, 4) is 12.3 Å². The molecule has 0 bridgehead atoms. The van der Waals surface area contributed by atoms with Crippen molar-refractivity contribution < 1.29 is 14.7 Å². The zero-order chi connectivity index (χ0) is 13.8. The van der Waals surface area contributed by atoms with E-state index in [1.54, 1.807) is 24.4 Å². The maximum absolute atomic E-state index is 12.2. The summed E-state index contributed by atoms with van der Waals surface area (Å²) in [6, 6.07) is 4.97. The van der Waals surface area contributed by atoms with Crippen LogP contribution in [0.5, 0.6) is 0 Å². The van der Waals surface area contributed by atoms with Crippen molar-refractivity contribution in [1.29, 1.82) is 0 Å². The number of hydrogen-bond donors (Lipinski definition) is 2. The van der Waals surface area contributed by atoms with Crippen LogP contribution in [0, 0.1) is 12.3 Å². The summed E-state index contributed by atoms with van der Waals surface area (Å²) in [5, 5.41) is 16.2. The van der Waals surface area contributed by atoms with Crippen LogP contribution in [-0.4, -0.2) is 45.2 Å². The van der Waals surface area contributed by atoms with Crippen molar-refractivity contribution in [1.82, 2.24) is 15.1 Å². The molecule has 1 aromatic heterocycles. The van der Waals surface area contributed by atoms with Gasteiger partial charge in [0.2, 0.25) is 0 Å². The summed E-state index contributed by atoms with van der Waals surface area (Å²) >= 11 is 0. The number of hydrogen-bond acceptors (Lipinski definition) is 3. The normalized spacial score (nSPS) is 10.1. The SMILES string of the molecule is C#CCN(CC(=O)O)C(=O)c1ccc2cn[nH]c2c1. The van der Waals surface area contributed by atoms with Crippen LogP contribution in [0.25, 0.3) is 10.9 Å². The first-order chi connectivity index (χ1) is 9.11. The Morgan fingerprint density at radius 2 is 2.26 bits per heavy atom. The second-order valence-corrected chi connectivity index (χ2v) is 3.93. The Morgan fingerprint density at radius 3 is 2.95 bits per heavy atom. The molecule has 19 heavy (non-hydrogen) atoms. The van der Waals surface area contributed by atoms with E-state index in [1.165, 1.54) is 0 Å². The summed E-state index contributed by atoms with van der Waals surface area (Å²) in [5.74, 6) is 0.753. The summed E-state index contributed by atoms with van der Waals surface area (Å²) in [6.45, 7) is -0.476. The monoisotopic (exact) mass is 257 g/mol. The number of terminal acetylenes is 1. The van der Waals surface area contributed by atoms with E-state index in [4.69, 9.17) is 11.5 Å². The van der Waals surface area contributed by atoms with Crippen molar-refractivity contribution in [3.63, 3.8) is 0 Å². The molecule has 0 saturated carbocycles. The Kier molecular flexibility index (Phi) is 3.48. The highest BCUT2D eigenvalue weighted by Gasteiger charge is 2.18. The van der Waals surface area contributed by atoms with Crippen molar-refractivity contribution in [2.75, 3.05) is 13.1 Å². The molecule has 6 nitrogen and oxygen atoms in total. The lowest BCUT2D eigenvalue weighted by Gasteiger charge is -2.17. The van der Waals surface area contributed by atoms with Crippen LogP contribution in [0.15, 0.2) is 24.4 Å². The van der Waals surface area contributed by atoms with E-state index >= 15 is 0 Å². The van der Waals surface area contributed by atoms with Gasteiger partial charge in [-0.15, -0.1) is 6.42 Å². The Morgan fingerprint density at radius 1 is 1.47 bits per heavy atom. The van der Waals surface area contributed by atoms with Gasteiger partial charge in [-0.2, -0.15) is 5.10 Å². The molecule has 6 heteroatoms. The number of aliphatic carboxylic acids is 1. The van der Waals surface area contributed by atoms with Crippen LogP contribution in [0.4, 0.5) is 0 Å². The van der Waals surface area contributed by atoms with Gasteiger partial charge < -0.3 is 10.0 Å². The number of carboxylic acids is 1. The summed E-state index contributed by atoms with van der Waals surface area (Å²) < 4.78 is 0. The quantitative estimate of drug-likeness (QED) is 0.790. The number of benzene rings is 1. The van der Waals surface area contributed by atoms with Crippen LogP contribution < -0.4 is 0 Å². The first-order valence-corrected chi connectivity index (χ1v) is 5.49. The lowest BCUT2D eigenvalue weighted by Crippen LogP contribution is -2.35. The lowest BCUT2D eigenvalue weighted by molar-refractivity contribution is -0.137. The average Bonchev–Trinajstić information content (AvgIpc) is 2.84. The second-order valence-electron chi connectivity index (χ2n) is 3.93. The van der Waals surface area contributed by atoms with Gasteiger partial charge in [-0.3, -0.25) is 14.7 Å². The van der Waals surface area contributed by atoms with Gasteiger partial charge >= 0.3 is 5.97 Å². The second kappa shape index (κ2) is 5.23. The van der Waals surface area contributed by atoms with E-state index in [1.807, 2.05) is 0 Å². The van der Waals surface area contributed by atoms with Crippen molar-refractivity contribution in [3.05, 3.63) is 30.0 Å². The molecule has 2 rings (SSSR count). The molecular formula is C13H11N3O3. The molecule has 0 radical (unpaired) electrons. The molecule has 1 amide bonds. The standard InChI is InChI=1S/C13H11N3O3/c1-2-5-16(8-12(17)18)13(19)9-3-4-10-7-14-15-11(10)6-9/h1,3-4,6-7H,5,8H2,(H,14,15)(H,17,18). The minimum absolute atomic E-state index is 0.0495. The van der Waals surface area contributed by atoms with Crippen molar-refractivity contribution in [2.45, 2.75) is 0 Å². The fraction of sp³-hybridized carbons (Fsp3) is 0.154. The number of nitrogens with zero attached hydrogens (tertiary/aromatic N) is 2. The van der Waals surface area contributed by atoms with E-state index in [0.29, 0.717) is 11.1 Å². The van der Waals surface area contributed by atoms with Gasteiger partial charge in [0.05, 0.1) is 18.3 Å². The topological polar surface area (TPSA) is 86.3 Å². The summed E-state index contributed by atoms with van der Waals surface area (Å²) in [4.78, 5) is 24.0. The zero-order valence-corrected chi connectivity index (χ0v) is 9.96. The number of carbonyl (C=O) groups is 2. The highest BCUT2D eigenvalue weighted by Crippen LogP contribution is 2.14. The van der Waals surface area contributed by atoms with Crippen LogP contribution in [-0.2, 0) is 4.79 Å². The predicted octanol–water partition coefficient (Wildman–Crippen LogP) is 0.723. The maximum Gasteiger partial charge on any atom is 0.323 e. The molecule has 0 spiro atoms. The summed E-state index contributed by atoms with van der Waals surface area (Å²) in [7, 11) is 0. The highest BCUT2D eigenvalue weighted by atomic mass is 16.4. The number of carboxylic acid groups (broad SMARTS) is 1. The molecule has 0 aliphatic heterocycles. The third kappa shape index (κ3) is 2.72. The van der Waals surface area contributed by atoms with E-state index in [-0.39, 0.29) is 6.54 Å². The molecule has 96 valence electrons. The van der Waals surface area contributed by atoms with Gasteiger partial charge in [-0.05, 0) is 12.1 Å². The molecule has 0 aliphatic rings. The molecular weight excluding hydrogens is 246 g/mol. The van der Waals surface area contributed by atoms with Gasteiger partial charge in [0.15, 0.2) is 0 Å². The van der Waals surface area contributed by atoms with Gasteiger partial charge in [-0.25, -0.2) is 0 Å². The van der Waals surface area contributed by atoms with Crippen molar-refractivity contribution in [2.24, 2.45) is 0 Å². The van der Waals surface area contributed by atoms with Gasteiger partial charge in [0.1, 0.15) is 6.54 Å². The predicted molar refractivity (Wildman–Crippen MR) is 68.5 cm³/mol. The van der Waals surface area contributed by atoms with E-state index < -0.39 is 18.4 Å². The van der Waals surface area contributed by atoms with Gasteiger partial charge in [-0.1, -0.05) is 12.0 Å². The van der Waals surface area contributed by atoms with Crippen LogP contribution in [0.3, 0.4) is 0 Å². The Bertz CT molecular complexity index is 669.